The summed E-state index contributed by atoms with van der Waals surface area (Å²) in [5.74, 6) is 0.938. The van der Waals surface area contributed by atoms with Crippen LogP contribution in [-0.2, 0) is 17.8 Å². The highest BCUT2D eigenvalue weighted by Gasteiger charge is 2.21. The molecule has 0 radical (unpaired) electrons. The van der Waals surface area contributed by atoms with Crippen LogP contribution in [0.1, 0.15) is 54.9 Å². The summed E-state index contributed by atoms with van der Waals surface area (Å²) in [7, 11) is 0. The van der Waals surface area contributed by atoms with Gasteiger partial charge in [0, 0.05) is 30.3 Å². The Morgan fingerprint density at radius 3 is 2.32 bits per heavy atom. The number of aromatic nitrogens is 2. The highest BCUT2D eigenvalue weighted by atomic mass is 16.2. The maximum Gasteiger partial charge on any atom is 0.251 e. The second kappa shape index (κ2) is 12.3. The lowest BCUT2D eigenvalue weighted by molar-refractivity contribution is -0.119. The Labute approximate surface area is 219 Å². The SMILES string of the molecule is Cc1ccc(C(=O)NCCCCCc2nc3ccccc3n2CC(=O)N(c2ccccc2)C(C)C)cc1. The number of nitrogens with zero attached hydrogens (tertiary/aromatic N) is 3. The van der Waals surface area contributed by atoms with E-state index in [2.05, 4.69) is 9.88 Å². The molecule has 1 aromatic heterocycles. The van der Waals surface area contributed by atoms with Crippen LogP contribution in [0.15, 0.2) is 78.9 Å². The number of para-hydroxylation sites is 3. The lowest BCUT2D eigenvalue weighted by Crippen LogP contribution is -2.39. The number of hydrogen-bond donors (Lipinski definition) is 1. The molecule has 2 amide bonds. The van der Waals surface area contributed by atoms with E-state index in [1.54, 1.807) is 0 Å². The largest absolute Gasteiger partial charge is 0.352 e. The van der Waals surface area contributed by atoms with Gasteiger partial charge in [0.05, 0.1) is 11.0 Å². The van der Waals surface area contributed by atoms with Crippen LogP contribution in [0.2, 0.25) is 0 Å². The normalized spacial score (nSPS) is 11.1. The summed E-state index contributed by atoms with van der Waals surface area (Å²) in [5.41, 5.74) is 4.62. The molecule has 6 nitrogen and oxygen atoms in total. The first-order valence-corrected chi connectivity index (χ1v) is 13.1. The number of amides is 2. The van der Waals surface area contributed by atoms with Gasteiger partial charge < -0.3 is 14.8 Å². The van der Waals surface area contributed by atoms with E-state index in [4.69, 9.17) is 4.98 Å². The second-order valence-corrected chi connectivity index (χ2v) is 9.73. The minimum Gasteiger partial charge on any atom is -0.352 e. The third kappa shape index (κ3) is 6.64. The van der Waals surface area contributed by atoms with E-state index in [-0.39, 0.29) is 24.4 Å². The number of anilines is 1. The van der Waals surface area contributed by atoms with E-state index in [9.17, 15) is 9.59 Å². The molecule has 0 aliphatic rings. The predicted octanol–water partition coefficient (Wildman–Crippen LogP) is 5.93. The van der Waals surface area contributed by atoms with E-state index in [1.165, 1.54) is 0 Å². The monoisotopic (exact) mass is 496 g/mol. The van der Waals surface area contributed by atoms with Crippen molar-refractivity contribution in [1.29, 1.82) is 0 Å². The van der Waals surface area contributed by atoms with E-state index < -0.39 is 0 Å². The zero-order chi connectivity index (χ0) is 26.2. The van der Waals surface area contributed by atoms with Crippen molar-refractivity contribution in [2.75, 3.05) is 11.4 Å². The van der Waals surface area contributed by atoms with Gasteiger partial charge >= 0.3 is 0 Å². The van der Waals surface area contributed by atoms with Crippen LogP contribution in [0.5, 0.6) is 0 Å². The van der Waals surface area contributed by atoms with Gasteiger partial charge in [0.15, 0.2) is 0 Å². The van der Waals surface area contributed by atoms with Gasteiger partial charge in [-0.3, -0.25) is 9.59 Å². The molecular weight excluding hydrogens is 460 g/mol. The molecule has 1 N–H and O–H groups in total. The summed E-state index contributed by atoms with van der Waals surface area (Å²) in [6.07, 6.45) is 3.57. The van der Waals surface area contributed by atoms with Crippen molar-refractivity contribution in [3.05, 3.63) is 95.8 Å². The number of benzene rings is 3. The zero-order valence-electron chi connectivity index (χ0n) is 22.0. The fourth-order valence-corrected chi connectivity index (χ4v) is 4.62. The summed E-state index contributed by atoms with van der Waals surface area (Å²) in [5, 5.41) is 3.00. The molecule has 6 heteroatoms. The molecule has 0 aliphatic carbocycles. The van der Waals surface area contributed by atoms with Crippen molar-refractivity contribution in [3.63, 3.8) is 0 Å². The van der Waals surface area contributed by atoms with Gasteiger partial charge in [-0.1, -0.05) is 54.4 Å². The lowest BCUT2D eigenvalue weighted by atomic mass is 10.1. The second-order valence-electron chi connectivity index (χ2n) is 9.73. The predicted molar refractivity (Wildman–Crippen MR) is 150 cm³/mol. The molecule has 0 fully saturated rings. The number of hydrogen-bond acceptors (Lipinski definition) is 3. The zero-order valence-corrected chi connectivity index (χ0v) is 22.0. The number of carbonyl (C=O) groups is 2. The standard InChI is InChI=1S/C31H36N4O2/c1-23(2)35(26-12-6-4-7-13-26)30(36)22-34-28-15-10-9-14-27(28)33-29(34)16-8-5-11-21-32-31(37)25-19-17-24(3)18-20-25/h4,6-7,9-10,12-15,17-20,23H,5,8,11,16,21-22H2,1-3H3,(H,32,37). The molecule has 192 valence electrons. The molecule has 0 saturated heterocycles. The number of imidazole rings is 1. The van der Waals surface area contributed by atoms with Crippen LogP contribution in [0.4, 0.5) is 5.69 Å². The Hall–Kier alpha value is -3.93. The third-order valence-corrected chi connectivity index (χ3v) is 6.52. The Morgan fingerprint density at radius 1 is 0.892 bits per heavy atom. The molecule has 1 heterocycles. The van der Waals surface area contributed by atoms with Gasteiger partial charge in [-0.15, -0.1) is 0 Å². The minimum atomic E-state index is -0.0339. The number of unbranched alkanes of at least 4 members (excludes halogenated alkanes) is 2. The Bertz CT molecular complexity index is 1330. The van der Waals surface area contributed by atoms with Crippen LogP contribution in [0.25, 0.3) is 11.0 Å². The molecule has 37 heavy (non-hydrogen) atoms. The van der Waals surface area contributed by atoms with Gasteiger partial charge in [-0.2, -0.15) is 0 Å². The van der Waals surface area contributed by atoms with Crippen molar-refractivity contribution < 1.29 is 9.59 Å². The number of fused-ring (bicyclic) bond motifs is 1. The van der Waals surface area contributed by atoms with Gasteiger partial charge in [0.25, 0.3) is 5.91 Å². The molecule has 0 bridgehead atoms. The molecule has 3 aromatic carbocycles. The van der Waals surface area contributed by atoms with E-state index in [1.807, 2.05) is 105 Å². The van der Waals surface area contributed by atoms with Crippen molar-refractivity contribution in [1.82, 2.24) is 14.9 Å². The van der Waals surface area contributed by atoms with Crippen molar-refractivity contribution in [3.8, 4) is 0 Å². The number of carbonyl (C=O) groups excluding carboxylic acids is 2. The minimum absolute atomic E-state index is 0.0339. The molecule has 4 aromatic rings. The van der Waals surface area contributed by atoms with Gasteiger partial charge in [-0.25, -0.2) is 4.98 Å². The lowest BCUT2D eigenvalue weighted by Gasteiger charge is -2.27. The first-order valence-electron chi connectivity index (χ1n) is 13.1. The average Bonchev–Trinajstić information content (AvgIpc) is 3.24. The molecule has 0 atom stereocenters. The molecular formula is C31H36N4O2. The summed E-state index contributed by atoms with van der Waals surface area (Å²) in [4.78, 5) is 32.5. The highest BCUT2D eigenvalue weighted by molar-refractivity contribution is 5.95. The number of aryl methyl sites for hydroxylation is 2. The van der Waals surface area contributed by atoms with Crippen molar-refractivity contribution in [2.24, 2.45) is 0 Å². The van der Waals surface area contributed by atoms with E-state index in [0.717, 1.165) is 53.8 Å². The van der Waals surface area contributed by atoms with Crippen LogP contribution in [0, 0.1) is 6.92 Å². The van der Waals surface area contributed by atoms with Crippen LogP contribution < -0.4 is 10.2 Å². The van der Waals surface area contributed by atoms with E-state index in [0.29, 0.717) is 12.1 Å². The fraction of sp³-hybridized carbons (Fsp3) is 0.323. The summed E-state index contributed by atoms with van der Waals surface area (Å²) in [6, 6.07) is 25.5. The van der Waals surface area contributed by atoms with E-state index >= 15 is 0 Å². The quantitative estimate of drug-likeness (QED) is 0.262. The molecule has 0 saturated carbocycles. The first-order chi connectivity index (χ1) is 17.9. The van der Waals surface area contributed by atoms with Gasteiger partial charge in [0.2, 0.25) is 5.91 Å². The molecule has 0 spiro atoms. The first kappa shape index (κ1) is 26.1. The van der Waals surface area contributed by atoms with Gasteiger partial charge in [-0.05, 0) is 70.0 Å². The topological polar surface area (TPSA) is 67.2 Å². The number of rotatable bonds is 11. The molecule has 0 unspecified atom stereocenters. The fourth-order valence-electron chi connectivity index (χ4n) is 4.62. The molecule has 0 aliphatic heterocycles. The maximum absolute atomic E-state index is 13.5. The Kier molecular flexibility index (Phi) is 8.72. The summed E-state index contributed by atoms with van der Waals surface area (Å²) in [6.45, 7) is 6.97. The van der Waals surface area contributed by atoms with Crippen LogP contribution >= 0.6 is 0 Å². The Morgan fingerprint density at radius 2 is 1.59 bits per heavy atom. The number of nitrogens with one attached hydrogen (secondary N) is 1. The third-order valence-electron chi connectivity index (χ3n) is 6.52. The van der Waals surface area contributed by atoms with Crippen molar-refractivity contribution >= 4 is 28.5 Å². The van der Waals surface area contributed by atoms with Crippen molar-refractivity contribution in [2.45, 2.75) is 59.0 Å². The average molecular weight is 497 g/mol. The van der Waals surface area contributed by atoms with Gasteiger partial charge in [0.1, 0.15) is 12.4 Å². The maximum atomic E-state index is 13.5. The Balaban J connectivity index is 1.37. The molecule has 4 rings (SSSR count). The summed E-state index contributed by atoms with van der Waals surface area (Å²) < 4.78 is 2.06. The van der Waals surface area contributed by atoms with Crippen LogP contribution in [0.3, 0.4) is 0 Å². The smallest absolute Gasteiger partial charge is 0.251 e. The highest BCUT2D eigenvalue weighted by Crippen LogP contribution is 2.21. The summed E-state index contributed by atoms with van der Waals surface area (Å²) >= 11 is 0. The van der Waals surface area contributed by atoms with Crippen LogP contribution in [-0.4, -0.2) is 34.0 Å².